The van der Waals surface area contributed by atoms with Crippen molar-refractivity contribution in [2.24, 2.45) is 11.8 Å². The van der Waals surface area contributed by atoms with Gasteiger partial charge in [0.2, 0.25) is 0 Å². The third-order valence-electron chi connectivity index (χ3n) is 3.77. The monoisotopic (exact) mass is 295 g/mol. The average molecular weight is 295 g/mol. The molecule has 1 fully saturated rings. The zero-order valence-electron chi connectivity index (χ0n) is 13.2. The number of nitrogens with zero attached hydrogens (tertiary/aromatic N) is 2. The number of ether oxygens (including phenoxy) is 1. The highest BCUT2D eigenvalue weighted by atomic mass is 19.1. The van der Waals surface area contributed by atoms with Crippen molar-refractivity contribution in [3.05, 3.63) is 23.6 Å². The van der Waals surface area contributed by atoms with Crippen LogP contribution in [0.1, 0.15) is 25.8 Å². The minimum Gasteiger partial charge on any atom is -0.384 e. The summed E-state index contributed by atoms with van der Waals surface area (Å²) in [4.78, 5) is 6.57. The molecule has 0 spiro atoms. The van der Waals surface area contributed by atoms with E-state index in [1.165, 1.54) is 6.20 Å². The quantitative estimate of drug-likeness (QED) is 0.838. The van der Waals surface area contributed by atoms with Crippen molar-refractivity contribution in [1.82, 2.24) is 10.3 Å². The number of hydrogen-bond donors (Lipinski definition) is 1. The number of pyridine rings is 1. The molecule has 0 radical (unpaired) electrons. The summed E-state index contributed by atoms with van der Waals surface area (Å²) in [6, 6.07) is 1.60. The molecular formula is C16H26FN3O. The second-order valence-electron chi connectivity index (χ2n) is 6.22. The van der Waals surface area contributed by atoms with Gasteiger partial charge in [0, 0.05) is 38.2 Å². The summed E-state index contributed by atoms with van der Waals surface area (Å²) in [7, 11) is 1.74. The molecular weight excluding hydrogens is 269 g/mol. The van der Waals surface area contributed by atoms with Gasteiger partial charge in [-0.2, -0.15) is 0 Å². The zero-order valence-corrected chi connectivity index (χ0v) is 13.2. The SMILES string of the molecule is COCC1CCN(c2ncc(F)cc2CNCC(C)C)C1. The first-order chi connectivity index (χ1) is 10.1. The van der Waals surface area contributed by atoms with Gasteiger partial charge in [0.05, 0.1) is 12.8 Å². The lowest BCUT2D eigenvalue weighted by Crippen LogP contribution is -2.26. The Balaban J connectivity index is 2.04. The first-order valence-corrected chi connectivity index (χ1v) is 7.69. The molecule has 1 aliphatic heterocycles. The van der Waals surface area contributed by atoms with Crippen LogP contribution < -0.4 is 10.2 Å². The molecule has 4 nitrogen and oxygen atoms in total. The van der Waals surface area contributed by atoms with E-state index in [4.69, 9.17) is 4.74 Å². The molecule has 0 aliphatic carbocycles. The van der Waals surface area contributed by atoms with Crippen LogP contribution >= 0.6 is 0 Å². The topological polar surface area (TPSA) is 37.4 Å². The van der Waals surface area contributed by atoms with Gasteiger partial charge >= 0.3 is 0 Å². The second-order valence-corrected chi connectivity index (χ2v) is 6.22. The molecule has 1 N–H and O–H groups in total. The van der Waals surface area contributed by atoms with Crippen molar-refractivity contribution >= 4 is 5.82 Å². The van der Waals surface area contributed by atoms with Crippen molar-refractivity contribution in [3.63, 3.8) is 0 Å². The van der Waals surface area contributed by atoms with E-state index >= 15 is 0 Å². The fourth-order valence-corrected chi connectivity index (χ4v) is 2.78. The number of anilines is 1. The molecule has 1 saturated heterocycles. The fraction of sp³-hybridized carbons (Fsp3) is 0.688. The third-order valence-corrected chi connectivity index (χ3v) is 3.77. The van der Waals surface area contributed by atoms with Crippen LogP contribution in [0.4, 0.5) is 10.2 Å². The minimum absolute atomic E-state index is 0.271. The van der Waals surface area contributed by atoms with E-state index in [0.29, 0.717) is 18.4 Å². The van der Waals surface area contributed by atoms with E-state index in [-0.39, 0.29) is 5.82 Å². The molecule has 0 aromatic carbocycles. The molecule has 5 heteroatoms. The number of rotatable bonds is 7. The molecule has 2 heterocycles. The predicted octanol–water partition coefficient (Wildman–Crippen LogP) is 2.44. The number of aromatic nitrogens is 1. The standard InChI is InChI=1S/C16H26FN3O/c1-12(2)7-18-8-14-6-15(17)9-19-16(14)20-5-4-13(10-20)11-21-3/h6,9,12-13,18H,4-5,7-8,10-11H2,1-3H3. The van der Waals surface area contributed by atoms with Crippen molar-refractivity contribution in [2.75, 3.05) is 38.3 Å². The van der Waals surface area contributed by atoms with Crippen LogP contribution in [0.3, 0.4) is 0 Å². The van der Waals surface area contributed by atoms with Crippen molar-refractivity contribution in [2.45, 2.75) is 26.8 Å². The van der Waals surface area contributed by atoms with Gasteiger partial charge in [-0.15, -0.1) is 0 Å². The summed E-state index contributed by atoms with van der Waals surface area (Å²) in [5.74, 6) is 1.75. The van der Waals surface area contributed by atoms with Crippen LogP contribution in [-0.4, -0.2) is 38.3 Å². The Hall–Kier alpha value is -1.20. The number of nitrogens with one attached hydrogen (secondary N) is 1. The van der Waals surface area contributed by atoms with E-state index in [0.717, 1.165) is 44.0 Å². The van der Waals surface area contributed by atoms with E-state index in [9.17, 15) is 4.39 Å². The van der Waals surface area contributed by atoms with Crippen LogP contribution in [0.25, 0.3) is 0 Å². The number of hydrogen-bond acceptors (Lipinski definition) is 4. The Bertz CT molecular complexity index is 453. The van der Waals surface area contributed by atoms with E-state index < -0.39 is 0 Å². The van der Waals surface area contributed by atoms with Crippen LogP contribution in [0.5, 0.6) is 0 Å². The molecule has 1 aliphatic rings. The Morgan fingerprint density at radius 1 is 1.52 bits per heavy atom. The van der Waals surface area contributed by atoms with Gasteiger partial charge in [-0.25, -0.2) is 9.37 Å². The van der Waals surface area contributed by atoms with Crippen molar-refractivity contribution < 1.29 is 9.13 Å². The second kappa shape index (κ2) is 7.71. The smallest absolute Gasteiger partial charge is 0.141 e. The Kier molecular flexibility index (Phi) is 5.94. The summed E-state index contributed by atoms with van der Waals surface area (Å²) < 4.78 is 18.7. The lowest BCUT2D eigenvalue weighted by Gasteiger charge is -2.21. The first kappa shape index (κ1) is 16.2. The highest BCUT2D eigenvalue weighted by Crippen LogP contribution is 2.25. The lowest BCUT2D eigenvalue weighted by atomic mass is 10.1. The van der Waals surface area contributed by atoms with E-state index in [1.807, 2.05) is 0 Å². The molecule has 21 heavy (non-hydrogen) atoms. The van der Waals surface area contributed by atoms with Gasteiger partial charge < -0.3 is 15.0 Å². The van der Waals surface area contributed by atoms with Crippen LogP contribution in [-0.2, 0) is 11.3 Å². The van der Waals surface area contributed by atoms with Crippen LogP contribution in [0.15, 0.2) is 12.3 Å². The zero-order chi connectivity index (χ0) is 15.2. The molecule has 118 valence electrons. The largest absolute Gasteiger partial charge is 0.384 e. The summed E-state index contributed by atoms with van der Waals surface area (Å²) in [6.45, 7) is 8.57. The molecule has 1 atom stereocenters. The highest BCUT2D eigenvalue weighted by Gasteiger charge is 2.25. The first-order valence-electron chi connectivity index (χ1n) is 7.69. The van der Waals surface area contributed by atoms with Gasteiger partial charge in [-0.3, -0.25) is 0 Å². The third kappa shape index (κ3) is 4.64. The lowest BCUT2D eigenvalue weighted by molar-refractivity contribution is 0.161. The molecule has 0 amide bonds. The van der Waals surface area contributed by atoms with Gasteiger partial charge in [0.15, 0.2) is 0 Å². The minimum atomic E-state index is -0.271. The van der Waals surface area contributed by atoms with Gasteiger partial charge in [0.25, 0.3) is 0 Å². The number of halogens is 1. The summed E-state index contributed by atoms with van der Waals surface area (Å²) in [5, 5.41) is 3.37. The van der Waals surface area contributed by atoms with Crippen molar-refractivity contribution in [1.29, 1.82) is 0 Å². The number of methoxy groups -OCH3 is 1. The maximum absolute atomic E-state index is 13.5. The summed E-state index contributed by atoms with van der Waals surface area (Å²) in [6.07, 6.45) is 2.41. The van der Waals surface area contributed by atoms with Crippen LogP contribution in [0.2, 0.25) is 0 Å². The van der Waals surface area contributed by atoms with Gasteiger partial charge in [-0.1, -0.05) is 13.8 Å². The predicted molar refractivity (Wildman–Crippen MR) is 82.9 cm³/mol. The van der Waals surface area contributed by atoms with E-state index in [2.05, 4.69) is 29.0 Å². The average Bonchev–Trinajstić information content (AvgIpc) is 2.87. The Labute approximate surface area is 126 Å². The molecule has 0 saturated carbocycles. The molecule has 1 aromatic rings. The maximum atomic E-state index is 13.5. The summed E-state index contributed by atoms with van der Waals surface area (Å²) in [5.41, 5.74) is 0.939. The Morgan fingerprint density at radius 3 is 3.05 bits per heavy atom. The summed E-state index contributed by atoms with van der Waals surface area (Å²) >= 11 is 0. The van der Waals surface area contributed by atoms with Crippen LogP contribution in [0, 0.1) is 17.7 Å². The maximum Gasteiger partial charge on any atom is 0.141 e. The van der Waals surface area contributed by atoms with Gasteiger partial charge in [-0.05, 0) is 24.9 Å². The fourth-order valence-electron chi connectivity index (χ4n) is 2.78. The molecule has 1 unspecified atom stereocenters. The molecule has 1 aromatic heterocycles. The Morgan fingerprint density at radius 2 is 2.33 bits per heavy atom. The highest BCUT2D eigenvalue weighted by molar-refractivity contribution is 5.47. The van der Waals surface area contributed by atoms with E-state index in [1.54, 1.807) is 13.2 Å². The normalized spacial score (nSPS) is 18.7. The van der Waals surface area contributed by atoms with Gasteiger partial charge in [0.1, 0.15) is 11.6 Å². The molecule has 0 bridgehead atoms. The molecule has 2 rings (SSSR count). The van der Waals surface area contributed by atoms with Crippen molar-refractivity contribution in [3.8, 4) is 0 Å².